The number of nitrogens with zero attached hydrogens (tertiary/aromatic N) is 2. The minimum absolute atomic E-state index is 0.00650. The molecule has 9 nitrogen and oxygen atoms in total. The molecule has 2 aliphatic rings. The van der Waals surface area contributed by atoms with Crippen LogP contribution in [0.3, 0.4) is 0 Å². The van der Waals surface area contributed by atoms with Gasteiger partial charge in [0.15, 0.2) is 0 Å². The van der Waals surface area contributed by atoms with Crippen LogP contribution in [0, 0.1) is 11.8 Å². The number of rotatable bonds is 5. The van der Waals surface area contributed by atoms with Gasteiger partial charge in [-0.15, -0.1) is 0 Å². The topological polar surface area (TPSA) is 105 Å². The van der Waals surface area contributed by atoms with Gasteiger partial charge in [-0.2, -0.15) is 0 Å². The molecular weight excluding hydrogens is 446 g/mol. The second kappa shape index (κ2) is 10.3. The summed E-state index contributed by atoms with van der Waals surface area (Å²) in [4.78, 5) is 29.7. The number of fused-ring (bicyclic) bond motifs is 1. The van der Waals surface area contributed by atoms with Gasteiger partial charge in [0, 0.05) is 45.3 Å². The smallest absolute Gasteiger partial charge is 0.257 e. The van der Waals surface area contributed by atoms with E-state index in [1.165, 1.54) is 6.07 Å². The van der Waals surface area contributed by atoms with Crippen LogP contribution >= 0.6 is 0 Å². The molecule has 1 aliphatic carbocycles. The number of likely N-dealkylation sites (N-methyl/N-ethyl adjacent to an activating group) is 1. The van der Waals surface area contributed by atoms with E-state index in [9.17, 15) is 18.0 Å². The number of methoxy groups -OCH3 is 1. The summed E-state index contributed by atoms with van der Waals surface area (Å²) in [6.45, 7) is 5.01. The van der Waals surface area contributed by atoms with Crippen molar-refractivity contribution in [3.8, 4) is 5.75 Å². The molecule has 0 saturated heterocycles. The Morgan fingerprint density at radius 2 is 1.94 bits per heavy atom. The Hall–Kier alpha value is -2.33. The van der Waals surface area contributed by atoms with Crippen molar-refractivity contribution in [3.63, 3.8) is 0 Å². The van der Waals surface area contributed by atoms with Crippen LogP contribution in [0.25, 0.3) is 0 Å². The molecule has 1 aliphatic heterocycles. The molecule has 0 unspecified atom stereocenters. The van der Waals surface area contributed by atoms with Gasteiger partial charge in [-0.25, -0.2) is 8.42 Å². The van der Waals surface area contributed by atoms with Gasteiger partial charge in [-0.05, 0) is 43.9 Å². The monoisotopic (exact) mass is 481 g/mol. The van der Waals surface area contributed by atoms with E-state index in [0.29, 0.717) is 31.2 Å². The van der Waals surface area contributed by atoms with Crippen LogP contribution < -0.4 is 9.46 Å². The van der Waals surface area contributed by atoms with Crippen LogP contribution in [0.5, 0.6) is 5.75 Å². The molecular formula is C23H35N3O6S. The zero-order valence-corrected chi connectivity index (χ0v) is 20.9. The molecule has 0 radical (unpaired) electrons. The van der Waals surface area contributed by atoms with Crippen LogP contribution in [0.1, 0.15) is 43.5 Å². The third kappa shape index (κ3) is 6.83. The van der Waals surface area contributed by atoms with E-state index in [0.717, 1.165) is 19.1 Å². The fourth-order valence-electron chi connectivity index (χ4n) is 4.09. The molecule has 1 saturated carbocycles. The van der Waals surface area contributed by atoms with Gasteiger partial charge >= 0.3 is 0 Å². The maximum Gasteiger partial charge on any atom is 0.257 e. The number of benzene rings is 1. The quantitative estimate of drug-likeness (QED) is 0.691. The van der Waals surface area contributed by atoms with E-state index in [1.807, 2.05) is 18.7 Å². The van der Waals surface area contributed by atoms with E-state index in [2.05, 4.69) is 4.72 Å². The number of sulfonamides is 1. The van der Waals surface area contributed by atoms with E-state index in [-0.39, 0.29) is 47.7 Å². The number of carbonyl (C=O) groups is 2. The predicted molar refractivity (Wildman–Crippen MR) is 126 cm³/mol. The van der Waals surface area contributed by atoms with Crippen LogP contribution in [-0.2, 0) is 19.6 Å². The molecule has 1 aromatic carbocycles. The molecule has 1 N–H and O–H groups in total. The summed E-state index contributed by atoms with van der Waals surface area (Å²) in [5.41, 5.74) is 0.525. The molecule has 0 aromatic heterocycles. The highest BCUT2D eigenvalue weighted by atomic mass is 32.2. The van der Waals surface area contributed by atoms with Crippen molar-refractivity contribution in [1.82, 2.24) is 9.80 Å². The third-order valence-electron chi connectivity index (χ3n) is 6.23. The number of amides is 2. The second-order valence-corrected chi connectivity index (χ2v) is 11.1. The van der Waals surface area contributed by atoms with Gasteiger partial charge in [0.1, 0.15) is 12.4 Å². The Morgan fingerprint density at radius 1 is 1.24 bits per heavy atom. The van der Waals surface area contributed by atoms with Crippen molar-refractivity contribution in [2.24, 2.45) is 11.8 Å². The first kappa shape index (κ1) is 25.3. The first-order chi connectivity index (χ1) is 15.5. The zero-order chi connectivity index (χ0) is 24.3. The normalized spacial score (nSPS) is 24.9. The van der Waals surface area contributed by atoms with E-state index in [4.69, 9.17) is 9.47 Å². The zero-order valence-electron chi connectivity index (χ0n) is 20.0. The van der Waals surface area contributed by atoms with Gasteiger partial charge < -0.3 is 19.3 Å². The standard InChI is InChI=1S/C23H35N3O6S/c1-15-12-26(22(27)10-17-6-7-17)16(2)14-32-20-9-8-18(24-33(5,29)30)11-19(20)23(28)25(3)13-21(15)31-4/h8-9,11,15-17,21,24H,6-7,10,12-14H2,1-5H3/t15-,16+,21-/m1/s1. The first-order valence-electron chi connectivity index (χ1n) is 11.3. The highest BCUT2D eigenvalue weighted by molar-refractivity contribution is 7.92. The van der Waals surface area contributed by atoms with Gasteiger partial charge in [-0.3, -0.25) is 14.3 Å². The van der Waals surface area contributed by atoms with Crippen molar-refractivity contribution >= 4 is 27.5 Å². The minimum Gasteiger partial charge on any atom is -0.491 e. The maximum atomic E-state index is 13.3. The van der Waals surface area contributed by atoms with E-state index in [1.54, 1.807) is 31.2 Å². The Morgan fingerprint density at radius 3 is 2.55 bits per heavy atom. The third-order valence-corrected chi connectivity index (χ3v) is 6.83. The van der Waals surface area contributed by atoms with Crippen molar-refractivity contribution in [3.05, 3.63) is 23.8 Å². The summed E-state index contributed by atoms with van der Waals surface area (Å²) in [7, 11) is -0.225. The lowest BCUT2D eigenvalue weighted by atomic mass is 10.0. The highest BCUT2D eigenvalue weighted by Crippen LogP contribution is 2.33. The molecule has 10 heteroatoms. The average Bonchev–Trinajstić information content (AvgIpc) is 3.55. The van der Waals surface area contributed by atoms with Crippen LogP contribution in [-0.4, -0.2) is 82.3 Å². The molecule has 0 bridgehead atoms. The lowest BCUT2D eigenvalue weighted by Crippen LogP contribution is -2.48. The number of ether oxygens (including phenoxy) is 2. The first-order valence-corrected chi connectivity index (χ1v) is 13.2. The molecule has 3 rings (SSSR count). The molecule has 2 amide bonds. The molecule has 1 fully saturated rings. The number of nitrogens with one attached hydrogen (secondary N) is 1. The van der Waals surface area contributed by atoms with Crippen LogP contribution in [0.15, 0.2) is 18.2 Å². The average molecular weight is 482 g/mol. The molecule has 1 heterocycles. The highest BCUT2D eigenvalue weighted by Gasteiger charge is 2.33. The number of anilines is 1. The number of hydrogen-bond acceptors (Lipinski definition) is 6. The van der Waals surface area contributed by atoms with Crippen molar-refractivity contribution in [2.75, 3.05) is 44.8 Å². The summed E-state index contributed by atoms with van der Waals surface area (Å²) >= 11 is 0. The lowest BCUT2D eigenvalue weighted by Gasteiger charge is -2.36. The molecule has 184 valence electrons. The van der Waals surface area contributed by atoms with Crippen molar-refractivity contribution in [2.45, 2.75) is 45.3 Å². The van der Waals surface area contributed by atoms with Crippen LogP contribution in [0.4, 0.5) is 5.69 Å². The number of carbonyl (C=O) groups excluding carboxylic acids is 2. The lowest BCUT2D eigenvalue weighted by molar-refractivity contribution is -0.135. The van der Waals surface area contributed by atoms with Gasteiger partial charge in [0.2, 0.25) is 15.9 Å². The molecule has 3 atom stereocenters. The SMILES string of the molecule is CO[C@@H]1CN(C)C(=O)c2cc(NS(C)(=O)=O)ccc2OC[C@H](C)N(C(=O)CC2CC2)C[C@H]1C. The minimum atomic E-state index is -3.51. The van der Waals surface area contributed by atoms with Gasteiger partial charge in [-0.1, -0.05) is 6.92 Å². The molecule has 33 heavy (non-hydrogen) atoms. The van der Waals surface area contributed by atoms with Crippen molar-refractivity contribution < 1.29 is 27.5 Å². The fourth-order valence-corrected chi connectivity index (χ4v) is 4.64. The second-order valence-electron chi connectivity index (χ2n) is 9.38. The summed E-state index contributed by atoms with van der Waals surface area (Å²) in [5.74, 6) is 0.629. The Bertz CT molecular complexity index is 978. The molecule has 0 spiro atoms. The maximum absolute atomic E-state index is 13.3. The summed E-state index contributed by atoms with van der Waals surface area (Å²) in [5, 5.41) is 0. The predicted octanol–water partition coefficient (Wildman–Crippen LogP) is 2.19. The largest absolute Gasteiger partial charge is 0.491 e. The van der Waals surface area contributed by atoms with Crippen LogP contribution in [0.2, 0.25) is 0 Å². The Balaban J connectivity index is 1.94. The summed E-state index contributed by atoms with van der Waals surface area (Å²) in [6.07, 6.45) is 3.53. The molecule has 1 aromatic rings. The van der Waals surface area contributed by atoms with E-state index < -0.39 is 10.0 Å². The van der Waals surface area contributed by atoms with Gasteiger partial charge in [0.05, 0.1) is 24.0 Å². The van der Waals surface area contributed by atoms with Crippen molar-refractivity contribution in [1.29, 1.82) is 0 Å². The Labute approximate surface area is 196 Å². The Kier molecular flexibility index (Phi) is 7.89. The van der Waals surface area contributed by atoms with Gasteiger partial charge in [0.25, 0.3) is 5.91 Å². The fraction of sp³-hybridized carbons (Fsp3) is 0.652. The summed E-state index contributed by atoms with van der Waals surface area (Å²) < 4.78 is 37.5. The van der Waals surface area contributed by atoms with E-state index >= 15 is 0 Å². The number of hydrogen-bond donors (Lipinski definition) is 1. The summed E-state index contributed by atoms with van der Waals surface area (Å²) in [6, 6.07) is 4.41.